The van der Waals surface area contributed by atoms with Crippen molar-refractivity contribution in [3.63, 3.8) is 0 Å². The fourth-order valence-electron chi connectivity index (χ4n) is 2.92. The number of carbonyl (C=O) groups excluding carboxylic acids is 1. The van der Waals surface area contributed by atoms with E-state index in [9.17, 15) is 4.79 Å². The van der Waals surface area contributed by atoms with Gasteiger partial charge in [0, 0.05) is 36.6 Å². The summed E-state index contributed by atoms with van der Waals surface area (Å²) in [6, 6.07) is 18.2. The van der Waals surface area contributed by atoms with E-state index in [2.05, 4.69) is 41.7 Å². The number of hydrogen-bond acceptors (Lipinski definition) is 3. The Hall–Kier alpha value is -3.27. The Kier molecular flexibility index (Phi) is 6.10. The molecule has 136 valence electrons. The van der Waals surface area contributed by atoms with Gasteiger partial charge in [-0.15, -0.1) is 0 Å². The minimum Gasteiger partial charge on any atom is -0.334 e. The van der Waals surface area contributed by atoms with E-state index in [0.29, 0.717) is 18.9 Å². The van der Waals surface area contributed by atoms with Gasteiger partial charge in [-0.05, 0) is 25.0 Å². The van der Waals surface area contributed by atoms with Crippen molar-refractivity contribution in [1.29, 1.82) is 0 Å². The predicted octanol–water partition coefficient (Wildman–Crippen LogP) is 4.21. The van der Waals surface area contributed by atoms with Crippen LogP contribution in [0.1, 0.15) is 16.7 Å². The number of aryl methyl sites for hydroxylation is 1. The van der Waals surface area contributed by atoms with Gasteiger partial charge in [0.15, 0.2) is 5.82 Å². The van der Waals surface area contributed by atoms with Crippen molar-refractivity contribution in [3.8, 4) is 11.4 Å². The smallest absolute Gasteiger partial charge is 0.246 e. The van der Waals surface area contributed by atoms with Crippen LogP contribution in [0.2, 0.25) is 0 Å². The number of nitrogens with zero attached hydrogens (tertiary/aromatic N) is 3. The van der Waals surface area contributed by atoms with Gasteiger partial charge in [-0.2, -0.15) is 0 Å². The largest absolute Gasteiger partial charge is 0.334 e. The molecule has 1 aromatic heterocycles. The van der Waals surface area contributed by atoms with Crippen LogP contribution in [0.25, 0.3) is 11.4 Å². The van der Waals surface area contributed by atoms with Crippen LogP contribution in [-0.2, 0) is 17.8 Å². The molecule has 0 spiro atoms. The summed E-state index contributed by atoms with van der Waals surface area (Å²) in [5.41, 5.74) is 4.31. The second-order valence-corrected chi connectivity index (χ2v) is 6.48. The number of aromatic nitrogens is 2. The highest BCUT2D eigenvalue weighted by atomic mass is 16.2. The Morgan fingerprint density at radius 3 is 2.44 bits per heavy atom. The van der Waals surface area contributed by atoms with Crippen LogP contribution < -0.4 is 0 Å². The van der Waals surface area contributed by atoms with Crippen LogP contribution in [0.4, 0.5) is 0 Å². The summed E-state index contributed by atoms with van der Waals surface area (Å²) in [6.45, 7) is 6.78. The fourth-order valence-corrected chi connectivity index (χ4v) is 2.92. The van der Waals surface area contributed by atoms with Crippen LogP contribution >= 0.6 is 0 Å². The van der Waals surface area contributed by atoms with Crippen molar-refractivity contribution in [3.05, 3.63) is 96.3 Å². The second kappa shape index (κ2) is 8.90. The van der Waals surface area contributed by atoms with Crippen LogP contribution in [0.5, 0.6) is 0 Å². The zero-order valence-corrected chi connectivity index (χ0v) is 15.5. The number of amides is 1. The third-order valence-electron chi connectivity index (χ3n) is 4.35. The lowest BCUT2D eigenvalue weighted by Gasteiger charge is -2.21. The summed E-state index contributed by atoms with van der Waals surface area (Å²) in [6.07, 6.45) is 5.72. The molecule has 0 radical (unpaired) electrons. The van der Waals surface area contributed by atoms with Gasteiger partial charge in [0.1, 0.15) is 0 Å². The maximum absolute atomic E-state index is 12.3. The van der Waals surface area contributed by atoms with Gasteiger partial charge in [0.2, 0.25) is 5.91 Å². The maximum Gasteiger partial charge on any atom is 0.246 e. The zero-order valence-electron chi connectivity index (χ0n) is 15.5. The van der Waals surface area contributed by atoms with Crippen LogP contribution in [0, 0.1) is 6.92 Å². The summed E-state index contributed by atoms with van der Waals surface area (Å²) >= 11 is 0. The lowest BCUT2D eigenvalue weighted by atomic mass is 10.1. The molecule has 1 amide bonds. The molecule has 0 fully saturated rings. The molecular weight excluding hydrogens is 334 g/mol. The first-order valence-corrected chi connectivity index (χ1v) is 8.99. The normalized spacial score (nSPS) is 10.4. The Labute approximate surface area is 160 Å². The van der Waals surface area contributed by atoms with Gasteiger partial charge in [0.25, 0.3) is 0 Å². The molecule has 4 heteroatoms. The monoisotopic (exact) mass is 357 g/mol. The maximum atomic E-state index is 12.3. The van der Waals surface area contributed by atoms with Crippen LogP contribution in [0.15, 0.2) is 79.6 Å². The highest BCUT2D eigenvalue weighted by Crippen LogP contribution is 2.14. The highest BCUT2D eigenvalue weighted by Gasteiger charge is 2.12. The molecule has 2 aromatic carbocycles. The average Bonchev–Trinajstić information content (AvgIpc) is 2.71. The molecule has 0 aliphatic rings. The molecule has 0 bridgehead atoms. The van der Waals surface area contributed by atoms with E-state index >= 15 is 0 Å². The van der Waals surface area contributed by atoms with E-state index in [0.717, 1.165) is 17.5 Å². The van der Waals surface area contributed by atoms with Crippen molar-refractivity contribution in [2.75, 3.05) is 6.54 Å². The Morgan fingerprint density at radius 2 is 1.78 bits per heavy atom. The van der Waals surface area contributed by atoms with E-state index in [1.54, 1.807) is 17.3 Å². The zero-order chi connectivity index (χ0) is 19.1. The van der Waals surface area contributed by atoms with E-state index in [-0.39, 0.29) is 5.91 Å². The number of hydrogen-bond donors (Lipinski definition) is 0. The van der Waals surface area contributed by atoms with Crippen molar-refractivity contribution in [2.24, 2.45) is 0 Å². The van der Waals surface area contributed by atoms with E-state index in [1.165, 1.54) is 17.2 Å². The first kappa shape index (κ1) is 18.5. The topological polar surface area (TPSA) is 46.1 Å². The Morgan fingerprint density at radius 1 is 1.04 bits per heavy atom. The van der Waals surface area contributed by atoms with Crippen molar-refractivity contribution in [2.45, 2.75) is 19.9 Å². The summed E-state index contributed by atoms with van der Waals surface area (Å²) in [5, 5.41) is 0. The highest BCUT2D eigenvalue weighted by molar-refractivity contribution is 5.87. The predicted molar refractivity (Wildman–Crippen MR) is 108 cm³/mol. The average molecular weight is 357 g/mol. The number of benzene rings is 2. The first-order valence-electron chi connectivity index (χ1n) is 8.99. The third-order valence-corrected chi connectivity index (χ3v) is 4.35. The van der Waals surface area contributed by atoms with E-state index in [4.69, 9.17) is 0 Å². The first-order chi connectivity index (χ1) is 13.2. The minimum absolute atomic E-state index is 0.0882. The third kappa shape index (κ3) is 5.11. The molecular formula is C23H23N3O. The van der Waals surface area contributed by atoms with Crippen molar-refractivity contribution >= 4 is 5.91 Å². The molecule has 0 saturated carbocycles. The van der Waals surface area contributed by atoms with Crippen molar-refractivity contribution < 1.29 is 4.79 Å². The lowest BCUT2D eigenvalue weighted by Crippen LogP contribution is -2.31. The van der Waals surface area contributed by atoms with E-state index < -0.39 is 0 Å². The number of rotatable bonds is 7. The second-order valence-electron chi connectivity index (χ2n) is 6.48. The summed E-state index contributed by atoms with van der Waals surface area (Å²) in [5.74, 6) is 0.593. The van der Waals surface area contributed by atoms with Gasteiger partial charge >= 0.3 is 0 Å². The number of carbonyl (C=O) groups is 1. The summed E-state index contributed by atoms with van der Waals surface area (Å²) < 4.78 is 0. The Bertz CT molecular complexity index is 904. The van der Waals surface area contributed by atoms with Gasteiger partial charge in [0.05, 0.1) is 0 Å². The molecule has 3 aromatic rings. The fraction of sp³-hybridized carbons (Fsp3) is 0.174. The molecule has 1 heterocycles. The molecule has 0 unspecified atom stereocenters. The molecule has 0 aliphatic heterocycles. The Balaban J connectivity index is 1.69. The quantitative estimate of drug-likeness (QED) is 0.595. The minimum atomic E-state index is -0.0882. The molecule has 0 aliphatic carbocycles. The van der Waals surface area contributed by atoms with Gasteiger partial charge in [-0.25, -0.2) is 9.97 Å². The summed E-state index contributed by atoms with van der Waals surface area (Å²) in [4.78, 5) is 22.9. The molecule has 3 rings (SSSR count). The van der Waals surface area contributed by atoms with Crippen LogP contribution in [0.3, 0.4) is 0 Å². The van der Waals surface area contributed by atoms with Crippen molar-refractivity contribution in [1.82, 2.24) is 14.9 Å². The SMILES string of the molecule is C=CC(=O)N(CCc1cccc(C)c1)Cc1cnc(-c2ccccc2)nc1. The lowest BCUT2D eigenvalue weighted by molar-refractivity contribution is -0.126. The van der Waals surface area contributed by atoms with Crippen LogP contribution in [-0.4, -0.2) is 27.3 Å². The molecule has 27 heavy (non-hydrogen) atoms. The van der Waals surface area contributed by atoms with Gasteiger partial charge < -0.3 is 4.90 Å². The van der Waals surface area contributed by atoms with Gasteiger partial charge in [-0.3, -0.25) is 4.79 Å². The van der Waals surface area contributed by atoms with Gasteiger partial charge in [-0.1, -0.05) is 66.7 Å². The molecule has 0 N–H and O–H groups in total. The standard InChI is InChI=1S/C23H23N3O/c1-3-22(27)26(13-12-19-9-7-8-18(2)14-19)17-20-15-24-23(25-16-20)21-10-5-4-6-11-21/h3-11,14-16H,1,12-13,17H2,2H3. The molecule has 0 atom stereocenters. The molecule has 0 saturated heterocycles. The van der Waals surface area contributed by atoms with E-state index in [1.807, 2.05) is 36.4 Å². The summed E-state index contributed by atoms with van der Waals surface area (Å²) in [7, 11) is 0. The molecule has 4 nitrogen and oxygen atoms in total.